The van der Waals surface area contributed by atoms with Gasteiger partial charge in [-0.1, -0.05) is 18.2 Å². The third-order valence-corrected chi connectivity index (χ3v) is 5.23. The van der Waals surface area contributed by atoms with Crippen molar-refractivity contribution in [1.29, 1.82) is 0 Å². The van der Waals surface area contributed by atoms with Gasteiger partial charge in [0.15, 0.2) is 0 Å². The number of rotatable bonds is 5. The number of alkyl halides is 3. The van der Waals surface area contributed by atoms with E-state index in [9.17, 15) is 18.0 Å². The van der Waals surface area contributed by atoms with Crippen molar-refractivity contribution < 1.29 is 18.0 Å². The van der Waals surface area contributed by atoms with E-state index < -0.39 is 17.8 Å². The summed E-state index contributed by atoms with van der Waals surface area (Å²) in [5, 5.41) is 6.79. The molecule has 1 amide bonds. The minimum absolute atomic E-state index is 0.0808. The van der Waals surface area contributed by atoms with Gasteiger partial charge in [-0.05, 0) is 42.0 Å². The van der Waals surface area contributed by atoms with Crippen molar-refractivity contribution in [1.82, 2.24) is 29.7 Å². The molecule has 4 heterocycles. The van der Waals surface area contributed by atoms with Gasteiger partial charge in [-0.3, -0.25) is 9.78 Å². The Kier molecular flexibility index (Phi) is 5.95. The van der Waals surface area contributed by atoms with Crippen LogP contribution < -0.4 is 5.32 Å². The van der Waals surface area contributed by atoms with Gasteiger partial charge in [-0.25, -0.2) is 19.6 Å². The molecule has 0 saturated heterocycles. The van der Waals surface area contributed by atoms with E-state index in [4.69, 9.17) is 0 Å². The van der Waals surface area contributed by atoms with E-state index in [0.29, 0.717) is 22.3 Å². The molecular weight excluding hydrogens is 471 g/mol. The molecule has 4 aromatic heterocycles. The van der Waals surface area contributed by atoms with E-state index in [1.165, 1.54) is 37.1 Å². The Hall–Kier alpha value is -4.93. The molecule has 5 aromatic rings. The summed E-state index contributed by atoms with van der Waals surface area (Å²) in [7, 11) is 0. The number of aromatic nitrogens is 6. The Morgan fingerprint density at radius 2 is 1.64 bits per heavy atom. The molecule has 0 saturated carbocycles. The van der Waals surface area contributed by atoms with Gasteiger partial charge in [-0.15, -0.1) is 0 Å². The van der Waals surface area contributed by atoms with Crippen LogP contribution in [0.25, 0.3) is 28.1 Å². The van der Waals surface area contributed by atoms with Crippen molar-refractivity contribution in [2.75, 3.05) is 5.32 Å². The highest BCUT2D eigenvalue weighted by Crippen LogP contribution is 2.34. The highest BCUT2D eigenvalue weighted by atomic mass is 19.4. The molecule has 0 fully saturated rings. The van der Waals surface area contributed by atoms with E-state index in [1.54, 1.807) is 48.8 Å². The van der Waals surface area contributed by atoms with Crippen molar-refractivity contribution in [3.63, 3.8) is 0 Å². The van der Waals surface area contributed by atoms with Crippen molar-refractivity contribution in [2.45, 2.75) is 6.18 Å². The molecule has 178 valence electrons. The SMILES string of the molecule is O=C(Nc1ccc(-n2nc(-c3cccnc3)cc2C(F)(F)F)cn1)c1ccccc1-c1cncnc1. The highest BCUT2D eigenvalue weighted by Gasteiger charge is 2.36. The predicted molar refractivity (Wildman–Crippen MR) is 125 cm³/mol. The van der Waals surface area contributed by atoms with E-state index in [2.05, 4.69) is 30.4 Å². The van der Waals surface area contributed by atoms with Crippen LogP contribution in [-0.4, -0.2) is 35.6 Å². The first-order valence-corrected chi connectivity index (χ1v) is 10.6. The second kappa shape index (κ2) is 9.37. The van der Waals surface area contributed by atoms with Crippen molar-refractivity contribution >= 4 is 11.7 Å². The Morgan fingerprint density at radius 1 is 0.861 bits per heavy atom. The first-order valence-electron chi connectivity index (χ1n) is 10.6. The minimum atomic E-state index is -4.65. The molecule has 0 radical (unpaired) electrons. The largest absolute Gasteiger partial charge is 0.433 e. The standard InChI is InChI=1S/C25H16F3N7O/c26-25(27,28)22-10-21(16-4-3-9-29-11-16)34-35(22)18-7-8-23(32-14-18)33-24(36)20-6-2-1-5-19(20)17-12-30-15-31-13-17/h1-15H,(H,32,33,36). The number of amides is 1. The predicted octanol–water partition coefficient (Wildman–Crippen LogP) is 5.06. The van der Waals surface area contributed by atoms with Gasteiger partial charge < -0.3 is 5.32 Å². The average molecular weight is 487 g/mol. The molecule has 36 heavy (non-hydrogen) atoms. The summed E-state index contributed by atoms with van der Waals surface area (Å²) in [4.78, 5) is 29.0. The Morgan fingerprint density at radius 3 is 2.33 bits per heavy atom. The fourth-order valence-corrected chi connectivity index (χ4v) is 3.58. The monoisotopic (exact) mass is 487 g/mol. The minimum Gasteiger partial charge on any atom is -0.307 e. The Labute approximate surface area is 202 Å². The number of halogens is 3. The summed E-state index contributed by atoms with van der Waals surface area (Å²) >= 11 is 0. The van der Waals surface area contributed by atoms with Crippen LogP contribution in [0.3, 0.4) is 0 Å². The summed E-state index contributed by atoms with van der Waals surface area (Å²) in [5.74, 6) is -0.278. The fourth-order valence-electron chi connectivity index (χ4n) is 3.58. The smallest absolute Gasteiger partial charge is 0.307 e. The Bertz CT molecular complexity index is 1500. The number of pyridine rings is 2. The van der Waals surface area contributed by atoms with Gasteiger partial charge in [0.2, 0.25) is 0 Å². The topological polar surface area (TPSA) is 98.5 Å². The molecule has 5 rings (SSSR count). The number of anilines is 1. The first-order chi connectivity index (χ1) is 17.4. The number of hydrogen-bond acceptors (Lipinski definition) is 6. The number of nitrogens with zero attached hydrogens (tertiary/aromatic N) is 6. The zero-order chi connectivity index (χ0) is 25.1. The van der Waals surface area contributed by atoms with Crippen LogP contribution in [0.15, 0.2) is 91.9 Å². The molecule has 0 aliphatic rings. The molecule has 0 spiro atoms. The van der Waals surface area contributed by atoms with Crippen LogP contribution >= 0.6 is 0 Å². The zero-order valence-corrected chi connectivity index (χ0v) is 18.4. The van der Waals surface area contributed by atoms with Gasteiger partial charge >= 0.3 is 6.18 Å². The number of benzene rings is 1. The van der Waals surface area contributed by atoms with E-state index in [1.807, 2.05) is 0 Å². The fraction of sp³-hybridized carbons (Fsp3) is 0.0400. The molecule has 0 bridgehead atoms. The quantitative estimate of drug-likeness (QED) is 0.372. The molecule has 8 nitrogen and oxygen atoms in total. The summed E-state index contributed by atoms with van der Waals surface area (Å²) < 4.78 is 41.9. The molecule has 0 atom stereocenters. The number of nitrogens with one attached hydrogen (secondary N) is 1. The zero-order valence-electron chi connectivity index (χ0n) is 18.4. The van der Waals surface area contributed by atoms with E-state index in [-0.39, 0.29) is 17.2 Å². The molecule has 0 aliphatic carbocycles. The van der Waals surface area contributed by atoms with Gasteiger partial charge in [0.05, 0.1) is 17.6 Å². The van der Waals surface area contributed by atoms with Crippen LogP contribution in [0.5, 0.6) is 0 Å². The number of hydrogen-bond donors (Lipinski definition) is 1. The van der Waals surface area contributed by atoms with Gasteiger partial charge in [0.25, 0.3) is 5.91 Å². The van der Waals surface area contributed by atoms with Crippen LogP contribution in [0.2, 0.25) is 0 Å². The summed E-state index contributed by atoms with van der Waals surface area (Å²) in [6.45, 7) is 0. The average Bonchev–Trinajstić information content (AvgIpc) is 3.37. The summed E-state index contributed by atoms with van der Waals surface area (Å²) in [6, 6.07) is 13.9. The van der Waals surface area contributed by atoms with E-state index >= 15 is 0 Å². The van der Waals surface area contributed by atoms with Gasteiger partial charge in [0.1, 0.15) is 17.8 Å². The maximum Gasteiger partial charge on any atom is 0.433 e. The second-order valence-electron chi connectivity index (χ2n) is 7.59. The molecule has 11 heteroatoms. The third-order valence-electron chi connectivity index (χ3n) is 5.23. The summed E-state index contributed by atoms with van der Waals surface area (Å²) in [6.07, 6.45) is 4.09. The van der Waals surface area contributed by atoms with Crippen molar-refractivity contribution in [3.8, 4) is 28.1 Å². The van der Waals surface area contributed by atoms with Crippen LogP contribution in [0.4, 0.5) is 19.0 Å². The maximum atomic E-state index is 13.7. The van der Waals surface area contributed by atoms with Gasteiger partial charge in [0, 0.05) is 41.5 Å². The summed E-state index contributed by atoms with van der Waals surface area (Å²) in [5.41, 5.74) is 1.34. The lowest BCUT2D eigenvalue weighted by Crippen LogP contribution is -2.15. The molecule has 0 unspecified atom stereocenters. The lowest BCUT2D eigenvalue weighted by Gasteiger charge is -2.11. The van der Waals surface area contributed by atoms with Gasteiger partial charge in [-0.2, -0.15) is 18.3 Å². The second-order valence-corrected chi connectivity index (χ2v) is 7.59. The number of carbonyl (C=O) groups excluding carboxylic acids is 1. The molecular formula is C25H16F3N7O. The first kappa shape index (κ1) is 22.8. The van der Waals surface area contributed by atoms with Crippen LogP contribution in [-0.2, 0) is 6.18 Å². The Balaban J connectivity index is 1.42. The third kappa shape index (κ3) is 4.67. The lowest BCUT2D eigenvalue weighted by atomic mass is 10.0. The van der Waals surface area contributed by atoms with Crippen LogP contribution in [0.1, 0.15) is 16.1 Å². The number of carbonyl (C=O) groups is 1. The molecule has 0 aliphatic heterocycles. The molecule has 1 aromatic carbocycles. The van der Waals surface area contributed by atoms with Crippen molar-refractivity contribution in [3.05, 3.63) is 103 Å². The maximum absolute atomic E-state index is 13.7. The lowest BCUT2D eigenvalue weighted by molar-refractivity contribution is -0.142. The normalized spacial score (nSPS) is 11.3. The van der Waals surface area contributed by atoms with Crippen LogP contribution in [0, 0.1) is 0 Å². The van der Waals surface area contributed by atoms with Crippen molar-refractivity contribution in [2.24, 2.45) is 0 Å². The van der Waals surface area contributed by atoms with E-state index in [0.717, 1.165) is 10.7 Å². The molecule has 1 N–H and O–H groups in total. The highest BCUT2D eigenvalue weighted by molar-refractivity contribution is 6.08.